The van der Waals surface area contributed by atoms with Gasteiger partial charge in [0, 0.05) is 50.8 Å². The molecule has 0 aromatic heterocycles. The minimum atomic E-state index is -1.67. The van der Waals surface area contributed by atoms with E-state index in [0.717, 1.165) is 0 Å². The van der Waals surface area contributed by atoms with Gasteiger partial charge in [0.15, 0.2) is 0 Å². The third kappa shape index (κ3) is 2.72. The van der Waals surface area contributed by atoms with Crippen LogP contribution in [0.15, 0.2) is 12.1 Å². The van der Waals surface area contributed by atoms with Gasteiger partial charge in [0.05, 0.1) is 18.2 Å². The van der Waals surface area contributed by atoms with Crippen molar-refractivity contribution in [2.75, 3.05) is 33.4 Å². The summed E-state index contributed by atoms with van der Waals surface area (Å²) in [5.41, 5.74) is 4.70. The molecule has 0 bridgehead atoms. The molecule has 2 fully saturated rings. The van der Waals surface area contributed by atoms with Crippen LogP contribution in [0.3, 0.4) is 0 Å². The molecule has 0 atom stereocenters. The lowest BCUT2D eigenvalue weighted by atomic mass is 9.83. The molecule has 24 heavy (non-hydrogen) atoms. The average molecular weight is 333 g/mol. The van der Waals surface area contributed by atoms with Gasteiger partial charge < -0.3 is 20.1 Å². The number of ether oxygens (including phenoxy) is 2. The fourth-order valence-corrected chi connectivity index (χ4v) is 3.27. The van der Waals surface area contributed by atoms with E-state index in [4.69, 9.17) is 15.2 Å². The largest absolute Gasteiger partial charge is 0.495 e. The van der Waals surface area contributed by atoms with Gasteiger partial charge in [0.1, 0.15) is 17.5 Å². The van der Waals surface area contributed by atoms with Crippen molar-refractivity contribution in [3.05, 3.63) is 28.8 Å². The van der Waals surface area contributed by atoms with Gasteiger partial charge in [0.2, 0.25) is 0 Å². The number of alkyl halides is 1. The van der Waals surface area contributed by atoms with Crippen LogP contribution in [0.4, 0.5) is 4.39 Å². The van der Waals surface area contributed by atoms with E-state index >= 15 is 4.39 Å². The van der Waals surface area contributed by atoms with Gasteiger partial charge in [-0.15, -0.1) is 0 Å². The zero-order valence-electron chi connectivity index (χ0n) is 13.5. The summed E-state index contributed by atoms with van der Waals surface area (Å²) in [5, 5.41) is 9.28. The Bertz CT molecular complexity index is 689. The van der Waals surface area contributed by atoms with Crippen molar-refractivity contribution in [1.82, 2.24) is 4.90 Å². The first-order valence-corrected chi connectivity index (χ1v) is 7.93. The second-order valence-corrected chi connectivity index (χ2v) is 6.23. The Kier molecular flexibility index (Phi) is 4.43. The van der Waals surface area contributed by atoms with Gasteiger partial charge in [-0.2, -0.15) is 5.26 Å². The summed E-state index contributed by atoms with van der Waals surface area (Å²) < 4.78 is 26.1. The van der Waals surface area contributed by atoms with Crippen LogP contribution in [-0.2, 0) is 10.4 Å². The lowest BCUT2D eigenvalue weighted by Crippen LogP contribution is -2.58. The molecule has 0 spiro atoms. The summed E-state index contributed by atoms with van der Waals surface area (Å²) >= 11 is 0. The number of rotatable bonds is 3. The van der Waals surface area contributed by atoms with Crippen LogP contribution in [0.1, 0.15) is 34.3 Å². The van der Waals surface area contributed by atoms with Crippen molar-refractivity contribution < 1.29 is 18.7 Å². The highest BCUT2D eigenvalue weighted by Crippen LogP contribution is 2.42. The van der Waals surface area contributed by atoms with Crippen molar-refractivity contribution in [2.45, 2.75) is 24.6 Å². The van der Waals surface area contributed by atoms with Crippen molar-refractivity contribution in [3.63, 3.8) is 0 Å². The van der Waals surface area contributed by atoms with Crippen LogP contribution in [0.25, 0.3) is 0 Å². The number of hydrogen-bond acceptors (Lipinski definition) is 5. The highest BCUT2D eigenvalue weighted by atomic mass is 19.1. The van der Waals surface area contributed by atoms with Crippen LogP contribution in [0.2, 0.25) is 0 Å². The molecule has 3 rings (SSSR count). The smallest absolute Gasteiger partial charge is 0.258 e. The van der Waals surface area contributed by atoms with E-state index < -0.39 is 5.67 Å². The van der Waals surface area contributed by atoms with Gasteiger partial charge >= 0.3 is 0 Å². The van der Waals surface area contributed by atoms with E-state index in [1.54, 1.807) is 4.90 Å². The van der Waals surface area contributed by atoms with E-state index in [1.165, 1.54) is 19.2 Å². The van der Waals surface area contributed by atoms with Crippen LogP contribution >= 0.6 is 0 Å². The second kappa shape index (κ2) is 6.38. The van der Waals surface area contributed by atoms with E-state index in [2.05, 4.69) is 0 Å². The van der Waals surface area contributed by atoms with Crippen molar-refractivity contribution >= 4 is 5.91 Å². The number of likely N-dealkylation sites (tertiary alicyclic amines) is 1. The van der Waals surface area contributed by atoms with Crippen LogP contribution in [-0.4, -0.2) is 50.3 Å². The first kappa shape index (κ1) is 16.7. The van der Waals surface area contributed by atoms with E-state index in [0.29, 0.717) is 26.3 Å². The van der Waals surface area contributed by atoms with Crippen molar-refractivity contribution in [2.24, 2.45) is 5.73 Å². The number of amides is 1. The maximum absolute atomic E-state index is 15.5. The number of methoxy groups -OCH3 is 1. The topological polar surface area (TPSA) is 88.6 Å². The lowest BCUT2D eigenvalue weighted by Gasteiger charge is -2.39. The average Bonchev–Trinajstić information content (AvgIpc) is 2.57. The highest BCUT2D eigenvalue weighted by molar-refractivity contribution is 6.00. The van der Waals surface area contributed by atoms with Gasteiger partial charge in [-0.05, 0) is 6.07 Å². The van der Waals surface area contributed by atoms with Gasteiger partial charge in [-0.3, -0.25) is 4.79 Å². The standard InChI is InChI=1S/C17H20FN3O3/c1-23-15-11(8-19)2-3-13(17(18)4-6-24-7-5-17)14(15)16(22)21-9-12(20)10-21/h2-3,12H,4-7,9-10,20H2,1H3. The molecule has 0 aliphatic carbocycles. The maximum Gasteiger partial charge on any atom is 0.258 e. The molecule has 0 unspecified atom stereocenters. The number of benzene rings is 1. The van der Waals surface area contributed by atoms with Crippen molar-refractivity contribution in [1.29, 1.82) is 5.26 Å². The summed E-state index contributed by atoms with van der Waals surface area (Å²) in [7, 11) is 1.38. The quantitative estimate of drug-likeness (QED) is 0.901. The fraction of sp³-hybridized carbons (Fsp3) is 0.529. The van der Waals surface area contributed by atoms with E-state index in [1.807, 2.05) is 6.07 Å². The number of nitrogens with two attached hydrogens (primary N) is 1. The molecule has 2 aliphatic heterocycles. The lowest BCUT2D eigenvalue weighted by molar-refractivity contribution is -0.0123. The Labute approximate surface area is 139 Å². The predicted molar refractivity (Wildman–Crippen MR) is 84.4 cm³/mol. The zero-order chi connectivity index (χ0) is 17.3. The number of nitrogens with zero attached hydrogens (tertiary/aromatic N) is 2. The number of nitriles is 1. The number of halogens is 1. The summed E-state index contributed by atoms with van der Waals surface area (Å²) in [5.74, 6) is -0.215. The molecule has 2 N–H and O–H groups in total. The summed E-state index contributed by atoms with van der Waals surface area (Å²) in [6.45, 7) is 1.42. The summed E-state index contributed by atoms with van der Waals surface area (Å²) in [4.78, 5) is 14.5. The maximum atomic E-state index is 15.5. The minimum absolute atomic E-state index is 0.0649. The first-order chi connectivity index (χ1) is 11.5. The molecule has 1 aromatic rings. The molecule has 6 nitrogen and oxygen atoms in total. The first-order valence-electron chi connectivity index (χ1n) is 7.93. The third-order valence-corrected chi connectivity index (χ3v) is 4.66. The summed E-state index contributed by atoms with van der Waals surface area (Å²) in [6.07, 6.45) is 0.337. The van der Waals surface area contributed by atoms with Gasteiger partial charge in [-0.1, -0.05) is 6.07 Å². The van der Waals surface area contributed by atoms with Crippen molar-refractivity contribution in [3.8, 4) is 11.8 Å². The molecule has 2 saturated heterocycles. The predicted octanol–water partition coefficient (Wildman–Crippen LogP) is 1.33. The molecular formula is C17H20FN3O3. The Morgan fingerprint density at radius 2 is 2.12 bits per heavy atom. The SMILES string of the molecule is COc1c(C#N)ccc(C2(F)CCOCC2)c1C(=O)N1CC(N)C1. The third-order valence-electron chi connectivity index (χ3n) is 4.66. The van der Waals surface area contributed by atoms with E-state index in [9.17, 15) is 10.1 Å². The normalized spacial score (nSPS) is 20.2. The van der Waals surface area contributed by atoms with Crippen LogP contribution in [0, 0.1) is 11.3 Å². The highest BCUT2D eigenvalue weighted by Gasteiger charge is 2.41. The minimum Gasteiger partial charge on any atom is -0.495 e. The Hall–Kier alpha value is -2.17. The molecule has 1 aromatic carbocycles. The van der Waals surface area contributed by atoms with Crippen LogP contribution < -0.4 is 10.5 Å². The molecule has 128 valence electrons. The van der Waals surface area contributed by atoms with Gasteiger partial charge in [-0.25, -0.2) is 4.39 Å². The molecule has 0 radical (unpaired) electrons. The molecule has 1 amide bonds. The number of carbonyl (C=O) groups excluding carboxylic acids is 1. The van der Waals surface area contributed by atoms with E-state index in [-0.39, 0.29) is 47.2 Å². The van der Waals surface area contributed by atoms with Gasteiger partial charge in [0.25, 0.3) is 5.91 Å². The molecule has 2 aliphatic rings. The Balaban J connectivity index is 2.11. The Morgan fingerprint density at radius 1 is 1.46 bits per heavy atom. The molecule has 7 heteroatoms. The molecule has 2 heterocycles. The summed E-state index contributed by atoms with van der Waals surface area (Å²) in [6, 6.07) is 4.97. The van der Waals surface area contributed by atoms with Crippen LogP contribution in [0.5, 0.6) is 5.75 Å². The monoisotopic (exact) mass is 333 g/mol. The molecule has 0 saturated carbocycles. The Morgan fingerprint density at radius 3 is 2.67 bits per heavy atom. The zero-order valence-corrected chi connectivity index (χ0v) is 13.5. The molecular weight excluding hydrogens is 313 g/mol. The number of carbonyl (C=O) groups is 1. The second-order valence-electron chi connectivity index (χ2n) is 6.23. The fourth-order valence-electron chi connectivity index (χ4n) is 3.27. The number of hydrogen-bond donors (Lipinski definition) is 1.